The molecule has 0 saturated carbocycles. The fourth-order valence-corrected chi connectivity index (χ4v) is 2.43. The molecule has 2 nitrogen and oxygen atoms in total. The number of carbonyl (C=O) groups excluding carboxylic acids is 1. The van der Waals surface area contributed by atoms with Gasteiger partial charge in [-0.1, -0.05) is 48.2 Å². The molecular formula is C24H18O2. The quantitative estimate of drug-likeness (QED) is 0.380. The minimum Gasteiger partial charge on any atom is -0.497 e. The molecule has 3 rings (SSSR count). The molecule has 26 heavy (non-hydrogen) atoms. The summed E-state index contributed by atoms with van der Waals surface area (Å²) in [5, 5.41) is 0. The maximum atomic E-state index is 12.3. The van der Waals surface area contributed by atoms with E-state index in [2.05, 4.69) is 11.8 Å². The van der Waals surface area contributed by atoms with Crippen LogP contribution in [0.4, 0.5) is 0 Å². The van der Waals surface area contributed by atoms with Gasteiger partial charge >= 0.3 is 0 Å². The molecule has 0 aliphatic heterocycles. The van der Waals surface area contributed by atoms with Crippen LogP contribution < -0.4 is 4.74 Å². The van der Waals surface area contributed by atoms with Gasteiger partial charge in [0.15, 0.2) is 5.78 Å². The van der Waals surface area contributed by atoms with E-state index in [-0.39, 0.29) is 5.78 Å². The molecule has 0 unspecified atom stereocenters. The van der Waals surface area contributed by atoms with Gasteiger partial charge in [-0.3, -0.25) is 4.79 Å². The summed E-state index contributed by atoms with van der Waals surface area (Å²) in [5.41, 5.74) is 3.38. The van der Waals surface area contributed by atoms with Crippen molar-refractivity contribution in [3.63, 3.8) is 0 Å². The minimum absolute atomic E-state index is 0.0570. The first kappa shape index (κ1) is 17.3. The molecule has 0 aliphatic carbocycles. The lowest BCUT2D eigenvalue weighted by atomic mass is 10.0. The SMILES string of the molecule is COc1ccc(C(=O)/C=C/c2ccccc2C#Cc2ccccc2)cc1. The van der Waals surface area contributed by atoms with Crippen molar-refractivity contribution < 1.29 is 9.53 Å². The zero-order valence-electron chi connectivity index (χ0n) is 14.5. The first-order valence-corrected chi connectivity index (χ1v) is 8.29. The Hall–Kier alpha value is -3.57. The van der Waals surface area contributed by atoms with E-state index in [0.717, 1.165) is 22.4 Å². The van der Waals surface area contributed by atoms with Gasteiger partial charge in [0, 0.05) is 16.7 Å². The van der Waals surface area contributed by atoms with E-state index in [4.69, 9.17) is 4.74 Å². The number of ether oxygens (including phenoxy) is 1. The van der Waals surface area contributed by atoms with Crippen LogP contribution in [0, 0.1) is 11.8 Å². The van der Waals surface area contributed by atoms with E-state index < -0.39 is 0 Å². The molecule has 126 valence electrons. The van der Waals surface area contributed by atoms with Crippen LogP contribution in [0.5, 0.6) is 5.75 Å². The van der Waals surface area contributed by atoms with Crippen molar-refractivity contribution in [1.82, 2.24) is 0 Å². The Labute approximate surface area is 153 Å². The summed E-state index contributed by atoms with van der Waals surface area (Å²) < 4.78 is 5.11. The van der Waals surface area contributed by atoms with Crippen molar-refractivity contribution in [3.8, 4) is 17.6 Å². The summed E-state index contributed by atoms with van der Waals surface area (Å²) in [6.07, 6.45) is 3.38. The number of ketones is 1. The van der Waals surface area contributed by atoms with E-state index in [0.29, 0.717) is 5.56 Å². The zero-order valence-corrected chi connectivity index (χ0v) is 14.5. The lowest BCUT2D eigenvalue weighted by Gasteiger charge is -2.01. The van der Waals surface area contributed by atoms with Crippen LogP contribution >= 0.6 is 0 Å². The second-order valence-electron chi connectivity index (χ2n) is 5.63. The zero-order chi connectivity index (χ0) is 18.2. The topological polar surface area (TPSA) is 26.3 Å². The van der Waals surface area contributed by atoms with Gasteiger partial charge in [-0.15, -0.1) is 0 Å². The van der Waals surface area contributed by atoms with Gasteiger partial charge in [0.1, 0.15) is 5.75 Å². The third-order valence-corrected chi connectivity index (χ3v) is 3.86. The van der Waals surface area contributed by atoms with Crippen LogP contribution in [0.15, 0.2) is 84.9 Å². The summed E-state index contributed by atoms with van der Waals surface area (Å²) in [5.74, 6) is 7.00. The highest BCUT2D eigenvalue weighted by molar-refractivity contribution is 6.07. The monoisotopic (exact) mass is 338 g/mol. The van der Waals surface area contributed by atoms with E-state index in [1.807, 2.05) is 60.7 Å². The maximum Gasteiger partial charge on any atom is 0.185 e. The summed E-state index contributed by atoms with van der Waals surface area (Å²) in [4.78, 5) is 12.3. The van der Waals surface area contributed by atoms with Crippen molar-refractivity contribution in [2.75, 3.05) is 7.11 Å². The molecule has 3 aromatic rings. The second-order valence-corrected chi connectivity index (χ2v) is 5.63. The standard InChI is InChI=1S/C24H18O2/c1-26-23-16-13-22(14-17-23)24(25)18-15-21-10-6-5-9-20(21)12-11-19-7-3-2-4-8-19/h2-10,13-18H,1H3/b18-15+. The lowest BCUT2D eigenvalue weighted by molar-refractivity contribution is 0.104. The highest BCUT2D eigenvalue weighted by Gasteiger charge is 2.02. The maximum absolute atomic E-state index is 12.3. The Balaban J connectivity index is 1.80. The van der Waals surface area contributed by atoms with E-state index in [9.17, 15) is 4.79 Å². The molecule has 0 atom stereocenters. The molecule has 0 fully saturated rings. The number of hydrogen-bond donors (Lipinski definition) is 0. The Kier molecular flexibility index (Phi) is 5.65. The molecule has 0 saturated heterocycles. The number of methoxy groups -OCH3 is 1. The average Bonchev–Trinajstić information content (AvgIpc) is 2.72. The molecular weight excluding hydrogens is 320 g/mol. The van der Waals surface area contributed by atoms with Crippen LogP contribution in [0.25, 0.3) is 6.08 Å². The minimum atomic E-state index is -0.0570. The van der Waals surface area contributed by atoms with Crippen LogP contribution in [0.2, 0.25) is 0 Å². The molecule has 0 aliphatic rings. The Morgan fingerprint density at radius 3 is 2.27 bits per heavy atom. The van der Waals surface area contributed by atoms with Gasteiger partial charge in [-0.2, -0.15) is 0 Å². The second kappa shape index (κ2) is 8.50. The average molecular weight is 338 g/mol. The van der Waals surface area contributed by atoms with Crippen LogP contribution in [0.1, 0.15) is 27.0 Å². The van der Waals surface area contributed by atoms with E-state index in [1.54, 1.807) is 37.5 Å². The van der Waals surface area contributed by atoms with Gasteiger partial charge in [-0.25, -0.2) is 0 Å². The Bertz CT molecular complexity index is 972. The van der Waals surface area contributed by atoms with Gasteiger partial charge in [-0.05, 0) is 60.2 Å². The van der Waals surface area contributed by atoms with Crippen LogP contribution in [0.3, 0.4) is 0 Å². The molecule has 3 aromatic carbocycles. The van der Waals surface area contributed by atoms with Gasteiger partial charge < -0.3 is 4.74 Å². The molecule has 0 spiro atoms. The number of carbonyl (C=O) groups is 1. The van der Waals surface area contributed by atoms with Crippen molar-refractivity contribution in [1.29, 1.82) is 0 Å². The van der Waals surface area contributed by atoms with Crippen molar-refractivity contribution in [2.24, 2.45) is 0 Å². The highest BCUT2D eigenvalue weighted by Crippen LogP contribution is 2.14. The Morgan fingerprint density at radius 2 is 1.54 bits per heavy atom. The molecule has 2 heteroatoms. The fraction of sp³-hybridized carbons (Fsp3) is 0.0417. The number of benzene rings is 3. The van der Waals surface area contributed by atoms with Crippen LogP contribution in [-0.4, -0.2) is 12.9 Å². The van der Waals surface area contributed by atoms with Gasteiger partial charge in [0.05, 0.1) is 7.11 Å². The largest absolute Gasteiger partial charge is 0.497 e. The third kappa shape index (κ3) is 4.49. The van der Waals surface area contributed by atoms with Crippen molar-refractivity contribution >= 4 is 11.9 Å². The highest BCUT2D eigenvalue weighted by atomic mass is 16.5. The van der Waals surface area contributed by atoms with Crippen LogP contribution in [-0.2, 0) is 0 Å². The fourth-order valence-electron chi connectivity index (χ4n) is 2.43. The third-order valence-electron chi connectivity index (χ3n) is 3.86. The summed E-state index contributed by atoms with van der Waals surface area (Å²) in [7, 11) is 1.60. The molecule has 0 amide bonds. The number of hydrogen-bond acceptors (Lipinski definition) is 2. The number of allylic oxidation sites excluding steroid dienone is 1. The van der Waals surface area contributed by atoms with E-state index in [1.165, 1.54) is 0 Å². The first-order valence-electron chi connectivity index (χ1n) is 8.29. The normalized spacial score (nSPS) is 10.2. The first-order chi connectivity index (χ1) is 12.8. The molecule has 0 bridgehead atoms. The molecule has 0 heterocycles. The predicted molar refractivity (Wildman–Crippen MR) is 105 cm³/mol. The predicted octanol–water partition coefficient (Wildman–Crippen LogP) is 4.99. The lowest BCUT2D eigenvalue weighted by Crippen LogP contribution is -1.94. The van der Waals surface area contributed by atoms with Crippen molar-refractivity contribution in [2.45, 2.75) is 0 Å². The summed E-state index contributed by atoms with van der Waals surface area (Å²) >= 11 is 0. The van der Waals surface area contributed by atoms with Gasteiger partial charge in [0.2, 0.25) is 0 Å². The summed E-state index contributed by atoms with van der Waals surface area (Å²) in [6.45, 7) is 0. The molecule has 0 aromatic heterocycles. The van der Waals surface area contributed by atoms with Crippen molar-refractivity contribution in [3.05, 3.63) is 107 Å². The molecule has 0 radical (unpaired) electrons. The molecule has 0 N–H and O–H groups in total. The smallest absolute Gasteiger partial charge is 0.185 e. The number of rotatable bonds is 4. The van der Waals surface area contributed by atoms with E-state index >= 15 is 0 Å². The van der Waals surface area contributed by atoms with Gasteiger partial charge in [0.25, 0.3) is 0 Å². The summed E-state index contributed by atoms with van der Waals surface area (Å²) in [6, 6.07) is 24.7. The Morgan fingerprint density at radius 1 is 0.846 bits per heavy atom.